The normalized spacial score (nSPS) is 13.6. The number of fused-ring (bicyclic) bond motifs is 1. The van der Waals surface area contributed by atoms with Gasteiger partial charge in [0.1, 0.15) is 16.8 Å². The van der Waals surface area contributed by atoms with Gasteiger partial charge in [-0.15, -0.1) is 0 Å². The van der Waals surface area contributed by atoms with Crippen LogP contribution in [-0.2, 0) is 14.8 Å². The summed E-state index contributed by atoms with van der Waals surface area (Å²) in [5.74, 6) is -3.93. The molecule has 0 aliphatic rings. The number of hydrogen-bond donors (Lipinski definition) is 3. The molecule has 8 nitrogen and oxygen atoms in total. The Labute approximate surface area is 124 Å². The van der Waals surface area contributed by atoms with Gasteiger partial charge in [-0.3, -0.25) is 9.78 Å². The number of oxazole rings is 1. The average Bonchev–Trinajstić information content (AvgIpc) is 2.73. The van der Waals surface area contributed by atoms with Gasteiger partial charge in [0, 0.05) is 12.1 Å². The molecule has 22 heavy (non-hydrogen) atoms. The lowest BCUT2D eigenvalue weighted by Gasteiger charge is -2.18. The topological polar surface area (TPSA) is 129 Å². The van der Waals surface area contributed by atoms with E-state index in [0.717, 1.165) is 12.1 Å². The van der Waals surface area contributed by atoms with E-state index in [1.807, 2.05) is 4.72 Å². The summed E-state index contributed by atoms with van der Waals surface area (Å²) in [6.45, 7) is 3.01. The smallest absolute Gasteiger partial charge is 0.417 e. The summed E-state index contributed by atoms with van der Waals surface area (Å²) < 4.78 is 44.9. The number of benzene rings is 1. The van der Waals surface area contributed by atoms with Crippen LogP contribution in [0.3, 0.4) is 0 Å². The number of carboxylic acid groups (broad SMARTS) is 1. The zero-order chi connectivity index (χ0) is 16.7. The lowest BCUT2D eigenvalue weighted by molar-refractivity contribution is -0.140. The van der Waals surface area contributed by atoms with E-state index in [1.165, 1.54) is 13.8 Å². The van der Waals surface area contributed by atoms with Gasteiger partial charge in [-0.2, -0.15) is 4.72 Å². The largest absolute Gasteiger partial charge is 0.480 e. The van der Waals surface area contributed by atoms with Crippen molar-refractivity contribution in [2.24, 2.45) is 5.92 Å². The van der Waals surface area contributed by atoms with Crippen molar-refractivity contribution in [3.05, 3.63) is 28.5 Å². The third kappa shape index (κ3) is 3.02. The maximum absolute atomic E-state index is 13.9. The van der Waals surface area contributed by atoms with E-state index >= 15 is 0 Å². The van der Waals surface area contributed by atoms with Crippen LogP contribution < -0.4 is 10.5 Å². The molecule has 1 aromatic carbocycles. The molecule has 0 bridgehead atoms. The van der Waals surface area contributed by atoms with Crippen molar-refractivity contribution >= 4 is 27.1 Å². The Bertz CT molecular complexity index is 883. The molecule has 3 N–H and O–H groups in total. The van der Waals surface area contributed by atoms with Crippen LogP contribution in [-0.4, -0.2) is 30.5 Å². The standard InChI is InChI=1S/C12H13FN2O6S/c1-5(2)10(11(16)17)15-22(19,20)9-4-8-7(3-6(9)13)14-12(18)21-8/h3-5,10,15H,1-2H3,(H,14,18)(H,16,17). The average molecular weight is 332 g/mol. The van der Waals surface area contributed by atoms with E-state index in [2.05, 4.69) is 9.40 Å². The van der Waals surface area contributed by atoms with Crippen LogP contribution >= 0.6 is 0 Å². The van der Waals surface area contributed by atoms with Gasteiger partial charge < -0.3 is 9.52 Å². The number of carbonyl (C=O) groups is 1. The number of hydrogen-bond acceptors (Lipinski definition) is 5. The van der Waals surface area contributed by atoms with Crippen LogP contribution in [0, 0.1) is 11.7 Å². The summed E-state index contributed by atoms with van der Waals surface area (Å²) in [5.41, 5.74) is -0.150. The Morgan fingerprint density at radius 2 is 2.05 bits per heavy atom. The summed E-state index contributed by atoms with van der Waals surface area (Å²) in [5, 5.41) is 9.01. The molecule has 2 aromatic rings. The Morgan fingerprint density at radius 3 is 2.59 bits per heavy atom. The quantitative estimate of drug-likeness (QED) is 0.737. The second-order valence-corrected chi connectivity index (χ2v) is 6.66. The van der Waals surface area contributed by atoms with Gasteiger partial charge in [-0.05, 0) is 5.92 Å². The van der Waals surface area contributed by atoms with Crippen LogP contribution in [0.1, 0.15) is 13.8 Å². The van der Waals surface area contributed by atoms with Gasteiger partial charge in [0.15, 0.2) is 5.58 Å². The number of aromatic amines is 1. The summed E-state index contributed by atoms with van der Waals surface area (Å²) in [6.07, 6.45) is 0. The highest BCUT2D eigenvalue weighted by Gasteiger charge is 2.30. The molecular formula is C12H13FN2O6S. The molecule has 0 amide bonds. The highest BCUT2D eigenvalue weighted by atomic mass is 32.2. The minimum Gasteiger partial charge on any atom is -0.480 e. The molecule has 10 heteroatoms. The number of H-pyrrole nitrogens is 1. The number of carboxylic acids is 1. The number of sulfonamides is 1. The first-order valence-corrected chi connectivity index (χ1v) is 7.67. The predicted molar refractivity (Wildman–Crippen MR) is 73.4 cm³/mol. The lowest BCUT2D eigenvalue weighted by Crippen LogP contribution is -2.44. The maximum atomic E-state index is 13.9. The monoisotopic (exact) mass is 332 g/mol. The van der Waals surface area contributed by atoms with Crippen molar-refractivity contribution in [1.82, 2.24) is 9.71 Å². The van der Waals surface area contributed by atoms with Crippen molar-refractivity contribution in [1.29, 1.82) is 0 Å². The Morgan fingerprint density at radius 1 is 1.41 bits per heavy atom. The highest BCUT2D eigenvalue weighted by Crippen LogP contribution is 2.21. The van der Waals surface area contributed by atoms with Crippen molar-refractivity contribution in [3.63, 3.8) is 0 Å². The molecule has 2 rings (SSSR count). The number of nitrogens with one attached hydrogen (secondary N) is 2. The zero-order valence-electron chi connectivity index (χ0n) is 11.6. The van der Waals surface area contributed by atoms with E-state index in [0.29, 0.717) is 0 Å². The molecule has 1 heterocycles. The second-order valence-electron chi connectivity index (χ2n) is 4.97. The fraction of sp³-hybridized carbons (Fsp3) is 0.333. The second kappa shape index (κ2) is 5.54. The fourth-order valence-corrected chi connectivity index (χ4v) is 3.27. The van der Waals surface area contributed by atoms with Crippen LogP contribution in [0.4, 0.5) is 4.39 Å². The first kappa shape index (κ1) is 16.2. The van der Waals surface area contributed by atoms with Gasteiger partial charge in [0.2, 0.25) is 10.0 Å². The SMILES string of the molecule is CC(C)C(NS(=O)(=O)c1cc2oc(=O)[nH]c2cc1F)C(=O)O. The van der Waals surface area contributed by atoms with E-state index in [9.17, 15) is 22.4 Å². The molecule has 1 unspecified atom stereocenters. The number of aliphatic carboxylic acids is 1. The molecule has 0 saturated carbocycles. The third-order valence-corrected chi connectivity index (χ3v) is 4.43. The van der Waals surface area contributed by atoms with Crippen molar-refractivity contribution in [3.8, 4) is 0 Å². The van der Waals surface area contributed by atoms with Crippen LogP contribution in [0.5, 0.6) is 0 Å². The van der Waals surface area contributed by atoms with E-state index in [4.69, 9.17) is 5.11 Å². The molecule has 1 aromatic heterocycles. The van der Waals surface area contributed by atoms with Crippen LogP contribution in [0.25, 0.3) is 11.1 Å². The summed E-state index contributed by atoms with van der Waals surface area (Å²) >= 11 is 0. The van der Waals surface area contributed by atoms with Gasteiger partial charge in [-0.25, -0.2) is 17.6 Å². The highest BCUT2D eigenvalue weighted by molar-refractivity contribution is 7.89. The minimum atomic E-state index is -4.44. The van der Waals surface area contributed by atoms with Crippen LogP contribution in [0.15, 0.2) is 26.2 Å². The molecule has 0 radical (unpaired) electrons. The Kier molecular flexibility index (Phi) is 4.07. The Hall–Kier alpha value is -2.20. The van der Waals surface area contributed by atoms with Crippen molar-refractivity contribution in [2.45, 2.75) is 24.8 Å². The molecule has 0 saturated heterocycles. The summed E-state index contributed by atoms with van der Waals surface area (Å²) in [7, 11) is -4.44. The van der Waals surface area contributed by atoms with Gasteiger partial charge in [0.25, 0.3) is 0 Å². The number of aromatic nitrogens is 1. The van der Waals surface area contributed by atoms with Crippen molar-refractivity contribution < 1.29 is 27.1 Å². The van der Waals surface area contributed by atoms with E-state index in [1.54, 1.807) is 0 Å². The van der Waals surface area contributed by atoms with E-state index in [-0.39, 0.29) is 11.1 Å². The number of halogens is 1. The molecular weight excluding hydrogens is 319 g/mol. The molecule has 0 fully saturated rings. The van der Waals surface area contributed by atoms with Crippen molar-refractivity contribution in [2.75, 3.05) is 0 Å². The van der Waals surface area contributed by atoms with E-state index < -0.39 is 44.4 Å². The minimum absolute atomic E-state index is 0.0000872. The third-order valence-electron chi connectivity index (χ3n) is 2.98. The summed E-state index contributed by atoms with van der Waals surface area (Å²) in [4.78, 5) is 23.5. The summed E-state index contributed by atoms with van der Waals surface area (Å²) in [6, 6.07) is 0.197. The van der Waals surface area contributed by atoms with Gasteiger partial charge in [-0.1, -0.05) is 13.8 Å². The maximum Gasteiger partial charge on any atom is 0.417 e. The van der Waals surface area contributed by atoms with Gasteiger partial charge in [0.05, 0.1) is 5.52 Å². The van der Waals surface area contributed by atoms with Crippen LogP contribution in [0.2, 0.25) is 0 Å². The zero-order valence-corrected chi connectivity index (χ0v) is 12.4. The molecule has 120 valence electrons. The first-order chi connectivity index (χ1) is 10.1. The van der Waals surface area contributed by atoms with Gasteiger partial charge >= 0.3 is 11.7 Å². The molecule has 0 aliphatic heterocycles. The molecule has 0 spiro atoms. The lowest BCUT2D eigenvalue weighted by atomic mass is 10.1. The first-order valence-electron chi connectivity index (χ1n) is 6.19. The Balaban J connectivity index is 2.51. The molecule has 0 aliphatic carbocycles. The fourth-order valence-electron chi connectivity index (χ4n) is 1.86. The number of rotatable bonds is 5. The molecule has 1 atom stereocenters. The predicted octanol–water partition coefficient (Wildman–Crippen LogP) is 0.648.